The Morgan fingerprint density at radius 1 is 1.13 bits per heavy atom. The van der Waals surface area contributed by atoms with E-state index in [2.05, 4.69) is 40.7 Å². The molecule has 0 saturated carbocycles. The van der Waals surface area contributed by atoms with Gasteiger partial charge in [0.2, 0.25) is 0 Å². The molecule has 0 bridgehead atoms. The molecule has 1 unspecified atom stereocenters. The van der Waals surface area contributed by atoms with E-state index >= 15 is 0 Å². The lowest BCUT2D eigenvalue weighted by molar-refractivity contribution is -0.142. The third-order valence-electron chi connectivity index (χ3n) is 5.75. The Hall–Kier alpha value is -2.12. The summed E-state index contributed by atoms with van der Waals surface area (Å²) < 4.78 is 5.70. The summed E-state index contributed by atoms with van der Waals surface area (Å²) in [4.78, 5) is 22.3. The van der Waals surface area contributed by atoms with Crippen LogP contribution in [0.2, 0.25) is 0 Å². The topological polar surface area (TPSA) is 136 Å². The van der Waals surface area contributed by atoms with Gasteiger partial charge in [0, 0.05) is 6.04 Å². The number of nitrogens with two attached hydrogens (primary N) is 2. The first kappa shape index (κ1) is 26.9. The standard InChI is InChI=1S/C24H40N2O5/c1-14(2)17(12-19(25)20(27)9-15(3)23(29)30)10-16-7-8-18(24(4,5)6)21(11-16)31-13-22(26)28/h7-8,11,14-15,17,19-20,27H,9-10,12-13,25H2,1-6H3,(H2,26,28)(H,29,30)/t15?,17-,19-,20-/m0/s1. The third kappa shape index (κ3) is 8.87. The summed E-state index contributed by atoms with van der Waals surface area (Å²) in [6, 6.07) is 5.52. The maximum atomic E-state index is 11.2. The maximum absolute atomic E-state index is 11.2. The van der Waals surface area contributed by atoms with Crippen molar-refractivity contribution in [3.8, 4) is 5.75 Å². The number of carbonyl (C=O) groups excluding carboxylic acids is 1. The highest BCUT2D eigenvalue weighted by molar-refractivity contribution is 5.75. The number of hydrogen-bond acceptors (Lipinski definition) is 5. The van der Waals surface area contributed by atoms with Gasteiger partial charge in [-0.3, -0.25) is 9.59 Å². The summed E-state index contributed by atoms with van der Waals surface area (Å²) in [5.74, 6) is -0.962. The molecule has 4 atom stereocenters. The quantitative estimate of drug-likeness (QED) is 0.398. The van der Waals surface area contributed by atoms with Crippen molar-refractivity contribution in [3.05, 3.63) is 29.3 Å². The van der Waals surface area contributed by atoms with Crippen LogP contribution in [-0.2, 0) is 21.4 Å². The highest BCUT2D eigenvalue weighted by atomic mass is 16.5. The fraction of sp³-hybridized carbons (Fsp3) is 0.667. The second-order valence-corrected chi connectivity index (χ2v) is 9.99. The van der Waals surface area contributed by atoms with E-state index < -0.39 is 29.9 Å². The maximum Gasteiger partial charge on any atom is 0.306 e. The number of carboxylic acids is 1. The second-order valence-electron chi connectivity index (χ2n) is 9.99. The Bertz CT molecular complexity index is 742. The molecule has 0 heterocycles. The van der Waals surface area contributed by atoms with E-state index in [0.717, 1.165) is 17.5 Å². The van der Waals surface area contributed by atoms with Crippen LogP contribution in [0.1, 0.15) is 65.5 Å². The van der Waals surface area contributed by atoms with E-state index in [1.807, 2.05) is 12.1 Å². The molecule has 0 fully saturated rings. The summed E-state index contributed by atoms with van der Waals surface area (Å²) in [5, 5.41) is 19.4. The molecular formula is C24H40N2O5. The van der Waals surface area contributed by atoms with E-state index in [1.165, 1.54) is 0 Å². The van der Waals surface area contributed by atoms with Gasteiger partial charge in [-0.25, -0.2) is 0 Å². The number of primary amides is 1. The number of aliphatic hydroxyl groups is 1. The Morgan fingerprint density at radius 3 is 2.23 bits per heavy atom. The minimum atomic E-state index is -0.936. The number of carbonyl (C=O) groups is 2. The average Bonchev–Trinajstić information content (AvgIpc) is 2.64. The molecule has 176 valence electrons. The Morgan fingerprint density at radius 2 is 1.74 bits per heavy atom. The predicted octanol–water partition coefficient (Wildman–Crippen LogP) is 2.85. The Balaban J connectivity index is 3.00. The van der Waals surface area contributed by atoms with Gasteiger partial charge in [-0.2, -0.15) is 0 Å². The third-order valence-corrected chi connectivity index (χ3v) is 5.75. The van der Waals surface area contributed by atoms with Gasteiger partial charge >= 0.3 is 5.97 Å². The molecular weight excluding hydrogens is 396 g/mol. The fourth-order valence-corrected chi connectivity index (χ4v) is 3.62. The lowest BCUT2D eigenvalue weighted by Crippen LogP contribution is -2.39. The minimum Gasteiger partial charge on any atom is -0.483 e. The molecule has 0 spiro atoms. The molecule has 0 aliphatic carbocycles. The van der Waals surface area contributed by atoms with Gasteiger partial charge in [0.05, 0.1) is 12.0 Å². The first-order valence-electron chi connectivity index (χ1n) is 10.9. The van der Waals surface area contributed by atoms with Crippen LogP contribution in [0, 0.1) is 17.8 Å². The lowest BCUT2D eigenvalue weighted by atomic mass is 9.81. The molecule has 7 heteroatoms. The monoisotopic (exact) mass is 436 g/mol. The number of aliphatic hydroxyl groups excluding tert-OH is 1. The predicted molar refractivity (Wildman–Crippen MR) is 122 cm³/mol. The lowest BCUT2D eigenvalue weighted by Gasteiger charge is -2.28. The molecule has 6 N–H and O–H groups in total. The van der Waals surface area contributed by atoms with Crippen LogP contribution in [-0.4, -0.2) is 40.8 Å². The largest absolute Gasteiger partial charge is 0.483 e. The molecule has 1 rings (SSSR count). The fourth-order valence-electron chi connectivity index (χ4n) is 3.62. The normalized spacial score (nSPS) is 15.9. The van der Waals surface area contributed by atoms with Gasteiger partial charge in [0.15, 0.2) is 6.61 Å². The van der Waals surface area contributed by atoms with Crippen molar-refractivity contribution in [1.29, 1.82) is 0 Å². The molecule has 0 aliphatic rings. The van der Waals surface area contributed by atoms with Crippen LogP contribution in [0.25, 0.3) is 0 Å². The van der Waals surface area contributed by atoms with Gasteiger partial charge in [-0.05, 0) is 53.7 Å². The molecule has 7 nitrogen and oxygen atoms in total. The first-order chi connectivity index (χ1) is 14.2. The van der Waals surface area contributed by atoms with Crippen molar-refractivity contribution in [2.24, 2.45) is 29.2 Å². The average molecular weight is 437 g/mol. The summed E-state index contributed by atoms with van der Waals surface area (Å²) in [6.45, 7) is 11.8. The number of benzene rings is 1. The van der Waals surface area contributed by atoms with E-state index in [9.17, 15) is 14.7 Å². The van der Waals surface area contributed by atoms with Crippen molar-refractivity contribution in [3.63, 3.8) is 0 Å². The first-order valence-corrected chi connectivity index (χ1v) is 10.9. The van der Waals surface area contributed by atoms with Crippen LogP contribution in [0.5, 0.6) is 5.75 Å². The molecule has 0 aliphatic heterocycles. The van der Waals surface area contributed by atoms with Crippen LogP contribution in [0.4, 0.5) is 0 Å². The number of amides is 1. The second kappa shape index (κ2) is 11.5. The Kier molecular flexibility index (Phi) is 9.97. The van der Waals surface area contributed by atoms with Crippen molar-refractivity contribution in [2.75, 3.05) is 6.61 Å². The summed E-state index contributed by atoms with van der Waals surface area (Å²) in [6.07, 6.45) is 0.561. The minimum absolute atomic E-state index is 0.132. The van der Waals surface area contributed by atoms with Gasteiger partial charge in [-0.1, -0.05) is 53.7 Å². The van der Waals surface area contributed by atoms with Crippen molar-refractivity contribution < 1.29 is 24.5 Å². The molecule has 0 aromatic heterocycles. The number of aliphatic carboxylic acids is 1. The number of ether oxygens (including phenoxy) is 1. The van der Waals surface area contributed by atoms with Crippen LogP contribution in [0.15, 0.2) is 18.2 Å². The number of hydrogen-bond donors (Lipinski definition) is 4. The van der Waals surface area contributed by atoms with E-state index in [-0.39, 0.29) is 24.4 Å². The Labute approximate surface area is 186 Å². The zero-order valence-corrected chi connectivity index (χ0v) is 19.7. The van der Waals surface area contributed by atoms with Crippen LogP contribution in [0.3, 0.4) is 0 Å². The van der Waals surface area contributed by atoms with E-state index in [4.69, 9.17) is 21.3 Å². The molecule has 0 radical (unpaired) electrons. The molecule has 1 amide bonds. The van der Waals surface area contributed by atoms with Crippen molar-refractivity contribution in [1.82, 2.24) is 0 Å². The van der Waals surface area contributed by atoms with Gasteiger partial charge in [0.25, 0.3) is 5.91 Å². The number of rotatable bonds is 12. The smallest absolute Gasteiger partial charge is 0.306 e. The van der Waals surface area contributed by atoms with Gasteiger partial charge in [-0.15, -0.1) is 0 Å². The van der Waals surface area contributed by atoms with Crippen molar-refractivity contribution in [2.45, 2.75) is 78.4 Å². The highest BCUT2D eigenvalue weighted by Gasteiger charge is 2.26. The zero-order chi connectivity index (χ0) is 23.9. The summed E-state index contributed by atoms with van der Waals surface area (Å²) in [7, 11) is 0. The van der Waals surface area contributed by atoms with Crippen molar-refractivity contribution >= 4 is 11.9 Å². The number of carboxylic acid groups (broad SMARTS) is 1. The van der Waals surface area contributed by atoms with Gasteiger partial charge < -0.3 is 26.4 Å². The van der Waals surface area contributed by atoms with E-state index in [1.54, 1.807) is 6.92 Å². The molecule has 0 saturated heterocycles. The van der Waals surface area contributed by atoms with Crippen LogP contribution < -0.4 is 16.2 Å². The molecule has 31 heavy (non-hydrogen) atoms. The van der Waals surface area contributed by atoms with Crippen LogP contribution >= 0.6 is 0 Å². The summed E-state index contributed by atoms with van der Waals surface area (Å²) in [5.41, 5.74) is 13.4. The molecule has 1 aromatic rings. The zero-order valence-electron chi connectivity index (χ0n) is 19.7. The highest BCUT2D eigenvalue weighted by Crippen LogP contribution is 2.34. The molecule has 1 aromatic carbocycles. The SMILES string of the molecule is CC(C[C@H](O)[C@@H](N)C[C@H](Cc1ccc(C(C)(C)C)c(OCC(N)=O)c1)C(C)C)C(=O)O. The van der Waals surface area contributed by atoms with Gasteiger partial charge in [0.1, 0.15) is 5.75 Å². The summed E-state index contributed by atoms with van der Waals surface area (Å²) >= 11 is 0. The van der Waals surface area contributed by atoms with E-state index in [0.29, 0.717) is 18.1 Å².